The number of nitrogens with zero attached hydrogens (tertiary/aromatic N) is 1. The van der Waals surface area contributed by atoms with Crippen molar-refractivity contribution in [3.63, 3.8) is 0 Å². The Labute approximate surface area is 223 Å². The van der Waals surface area contributed by atoms with Crippen LogP contribution in [0.25, 0.3) is 21.9 Å². The van der Waals surface area contributed by atoms with E-state index in [1.54, 1.807) is 31.2 Å². The Kier molecular flexibility index (Phi) is 7.64. The third-order valence-corrected chi connectivity index (χ3v) is 6.55. The molecular formula is C29H25ClN2O6. The van der Waals surface area contributed by atoms with Crippen molar-refractivity contribution in [2.45, 2.75) is 26.4 Å². The van der Waals surface area contributed by atoms with Gasteiger partial charge in [-0.1, -0.05) is 66.6 Å². The van der Waals surface area contributed by atoms with Crippen LogP contribution in [0.4, 0.5) is 5.69 Å². The Bertz CT molecular complexity index is 1630. The van der Waals surface area contributed by atoms with Crippen molar-refractivity contribution in [2.24, 2.45) is 7.05 Å². The van der Waals surface area contributed by atoms with Gasteiger partial charge in [0.2, 0.25) is 0 Å². The molecule has 0 saturated carbocycles. The van der Waals surface area contributed by atoms with Crippen LogP contribution in [-0.4, -0.2) is 33.6 Å². The molecule has 0 spiro atoms. The summed E-state index contributed by atoms with van der Waals surface area (Å²) in [6.07, 6.45) is -1.12. The lowest BCUT2D eigenvalue weighted by Crippen LogP contribution is -2.34. The smallest absolute Gasteiger partial charge is 0.356 e. The molecule has 1 unspecified atom stereocenters. The standard InChI is InChI=1S/C29H25ClN2O6/c1-4-23(26(33)31-22-15-18(28(35)36)13-14-21(22)30)38-29(37)25-24(17-11-9-16(2)10-12-17)19-7-5-6-8-20(19)27(34)32(25)3/h5-15,23H,4H2,1-3H3,(H,31,33)(H,35,36). The maximum atomic E-state index is 13.6. The molecule has 3 aromatic carbocycles. The number of esters is 1. The summed E-state index contributed by atoms with van der Waals surface area (Å²) in [6.45, 7) is 3.60. The molecule has 2 N–H and O–H groups in total. The third kappa shape index (κ3) is 5.17. The second-order valence-corrected chi connectivity index (χ2v) is 9.20. The summed E-state index contributed by atoms with van der Waals surface area (Å²) in [6, 6.07) is 18.4. The van der Waals surface area contributed by atoms with E-state index in [0.29, 0.717) is 21.9 Å². The predicted octanol–water partition coefficient (Wildman–Crippen LogP) is 5.44. The van der Waals surface area contributed by atoms with Crippen molar-refractivity contribution in [3.8, 4) is 11.1 Å². The molecule has 0 bridgehead atoms. The van der Waals surface area contributed by atoms with Crippen LogP contribution in [0.5, 0.6) is 0 Å². The second kappa shape index (κ2) is 10.9. The molecule has 1 amide bonds. The number of hydrogen-bond donors (Lipinski definition) is 2. The average Bonchev–Trinajstić information content (AvgIpc) is 2.90. The molecule has 4 rings (SSSR count). The number of pyridine rings is 1. The van der Waals surface area contributed by atoms with E-state index in [2.05, 4.69) is 5.32 Å². The summed E-state index contributed by atoms with van der Waals surface area (Å²) < 4.78 is 6.87. The first-order valence-electron chi connectivity index (χ1n) is 11.9. The van der Waals surface area contributed by atoms with Crippen LogP contribution < -0.4 is 10.9 Å². The number of carbonyl (C=O) groups excluding carboxylic acids is 2. The number of benzene rings is 3. The molecule has 38 heavy (non-hydrogen) atoms. The first kappa shape index (κ1) is 26.6. The van der Waals surface area contributed by atoms with E-state index in [1.807, 2.05) is 31.2 Å². The molecule has 0 aliphatic rings. The van der Waals surface area contributed by atoms with Gasteiger partial charge in [0.1, 0.15) is 5.69 Å². The Hall–Kier alpha value is -4.43. The van der Waals surface area contributed by atoms with Crippen LogP contribution in [0.3, 0.4) is 0 Å². The largest absolute Gasteiger partial charge is 0.478 e. The topological polar surface area (TPSA) is 115 Å². The van der Waals surface area contributed by atoms with Gasteiger partial charge in [0.05, 0.1) is 16.3 Å². The minimum atomic E-state index is -1.24. The lowest BCUT2D eigenvalue weighted by atomic mass is 9.96. The molecule has 0 aliphatic carbocycles. The number of nitrogens with one attached hydrogen (secondary N) is 1. The number of amides is 1. The van der Waals surface area contributed by atoms with E-state index in [0.717, 1.165) is 5.56 Å². The van der Waals surface area contributed by atoms with E-state index in [9.17, 15) is 24.3 Å². The van der Waals surface area contributed by atoms with Gasteiger partial charge in [0, 0.05) is 18.0 Å². The summed E-state index contributed by atoms with van der Waals surface area (Å²) in [4.78, 5) is 51.1. The van der Waals surface area contributed by atoms with E-state index in [4.69, 9.17) is 16.3 Å². The zero-order valence-corrected chi connectivity index (χ0v) is 21.7. The Balaban J connectivity index is 1.74. The molecule has 9 heteroatoms. The van der Waals surface area contributed by atoms with Gasteiger partial charge in [-0.25, -0.2) is 9.59 Å². The SMILES string of the molecule is CCC(OC(=O)c1c(-c2ccc(C)cc2)c2ccccc2c(=O)n1C)C(=O)Nc1cc(C(=O)O)ccc1Cl. The highest BCUT2D eigenvalue weighted by atomic mass is 35.5. The monoisotopic (exact) mass is 532 g/mol. The van der Waals surface area contributed by atoms with Crippen LogP contribution in [0.15, 0.2) is 71.5 Å². The number of aromatic carboxylic acids is 1. The number of carbonyl (C=O) groups is 3. The van der Waals surface area contributed by atoms with Gasteiger partial charge in [-0.3, -0.25) is 9.59 Å². The van der Waals surface area contributed by atoms with E-state index in [-0.39, 0.29) is 33.9 Å². The fraction of sp³-hybridized carbons (Fsp3) is 0.172. The number of hydrogen-bond acceptors (Lipinski definition) is 5. The van der Waals surface area contributed by atoms with Crippen molar-refractivity contribution in [2.75, 3.05) is 5.32 Å². The molecule has 4 aromatic rings. The minimum absolute atomic E-state index is 0.00899. The molecule has 1 aromatic heterocycles. The fourth-order valence-corrected chi connectivity index (χ4v) is 4.36. The van der Waals surface area contributed by atoms with E-state index >= 15 is 0 Å². The van der Waals surface area contributed by atoms with Gasteiger partial charge in [-0.2, -0.15) is 0 Å². The van der Waals surface area contributed by atoms with Crippen LogP contribution in [0.1, 0.15) is 39.8 Å². The maximum absolute atomic E-state index is 13.6. The van der Waals surface area contributed by atoms with Gasteiger partial charge in [0.15, 0.2) is 6.10 Å². The van der Waals surface area contributed by atoms with Crippen molar-refractivity contribution in [3.05, 3.63) is 98.9 Å². The summed E-state index contributed by atoms with van der Waals surface area (Å²) in [7, 11) is 1.49. The normalized spacial score (nSPS) is 11.7. The van der Waals surface area contributed by atoms with Crippen LogP contribution >= 0.6 is 11.6 Å². The fourth-order valence-electron chi connectivity index (χ4n) is 4.19. The first-order chi connectivity index (χ1) is 18.1. The summed E-state index contributed by atoms with van der Waals surface area (Å²) in [5.41, 5.74) is 1.89. The van der Waals surface area contributed by atoms with Crippen LogP contribution in [-0.2, 0) is 16.6 Å². The van der Waals surface area contributed by atoms with Crippen LogP contribution in [0, 0.1) is 6.92 Å². The zero-order chi connectivity index (χ0) is 27.6. The molecule has 1 atom stereocenters. The lowest BCUT2D eigenvalue weighted by molar-refractivity contribution is -0.124. The average molecular weight is 533 g/mol. The maximum Gasteiger partial charge on any atom is 0.356 e. The number of ether oxygens (including phenoxy) is 1. The van der Waals surface area contributed by atoms with Gasteiger partial charge in [0.25, 0.3) is 11.5 Å². The molecular weight excluding hydrogens is 508 g/mol. The number of fused-ring (bicyclic) bond motifs is 1. The van der Waals surface area contributed by atoms with Gasteiger partial charge < -0.3 is 19.7 Å². The zero-order valence-electron chi connectivity index (χ0n) is 20.9. The number of carboxylic acid groups (broad SMARTS) is 1. The molecule has 1 heterocycles. The Morgan fingerprint density at radius 3 is 2.32 bits per heavy atom. The third-order valence-electron chi connectivity index (χ3n) is 6.22. The Morgan fingerprint density at radius 1 is 1.03 bits per heavy atom. The summed E-state index contributed by atoms with van der Waals surface area (Å²) in [5.74, 6) is -2.72. The van der Waals surface area contributed by atoms with Gasteiger partial charge in [-0.05, 0) is 48.6 Å². The number of anilines is 1. The number of aromatic nitrogens is 1. The Morgan fingerprint density at radius 2 is 1.68 bits per heavy atom. The quantitative estimate of drug-likeness (QED) is 0.306. The lowest BCUT2D eigenvalue weighted by Gasteiger charge is -2.20. The minimum Gasteiger partial charge on any atom is -0.478 e. The van der Waals surface area contributed by atoms with Gasteiger partial charge in [-0.15, -0.1) is 0 Å². The molecule has 0 radical (unpaired) electrons. The van der Waals surface area contributed by atoms with E-state index < -0.39 is 23.9 Å². The number of rotatable bonds is 7. The first-order valence-corrected chi connectivity index (χ1v) is 12.2. The van der Waals surface area contributed by atoms with Crippen molar-refractivity contribution < 1.29 is 24.2 Å². The van der Waals surface area contributed by atoms with E-state index in [1.165, 1.54) is 29.8 Å². The van der Waals surface area contributed by atoms with Crippen LogP contribution in [0.2, 0.25) is 5.02 Å². The molecule has 0 fully saturated rings. The molecule has 8 nitrogen and oxygen atoms in total. The predicted molar refractivity (Wildman–Crippen MR) is 146 cm³/mol. The highest BCUT2D eigenvalue weighted by molar-refractivity contribution is 6.34. The number of halogens is 1. The molecule has 0 saturated heterocycles. The number of aryl methyl sites for hydroxylation is 1. The van der Waals surface area contributed by atoms with Crippen molar-refractivity contribution in [1.82, 2.24) is 4.57 Å². The van der Waals surface area contributed by atoms with Crippen molar-refractivity contribution >= 4 is 45.9 Å². The van der Waals surface area contributed by atoms with Gasteiger partial charge >= 0.3 is 11.9 Å². The second-order valence-electron chi connectivity index (χ2n) is 8.79. The molecule has 194 valence electrons. The number of carboxylic acids is 1. The highest BCUT2D eigenvalue weighted by Gasteiger charge is 2.28. The molecule has 0 aliphatic heterocycles. The van der Waals surface area contributed by atoms with Crippen molar-refractivity contribution in [1.29, 1.82) is 0 Å². The highest BCUT2D eigenvalue weighted by Crippen LogP contribution is 2.32. The summed E-state index contributed by atoms with van der Waals surface area (Å²) >= 11 is 6.13. The summed E-state index contributed by atoms with van der Waals surface area (Å²) in [5, 5.41) is 12.9.